The Morgan fingerprint density at radius 3 is 2.53 bits per heavy atom. The van der Waals surface area contributed by atoms with Crippen molar-refractivity contribution in [3.8, 4) is 0 Å². The smallest absolute Gasteiger partial charge is 0.251 e. The molecule has 0 fully saturated rings. The number of allylic oxidation sites excluding steroid dienone is 1. The first-order valence-electron chi connectivity index (χ1n) is 5.41. The van der Waals surface area contributed by atoms with Crippen molar-refractivity contribution < 1.29 is 9.59 Å². The van der Waals surface area contributed by atoms with E-state index in [1.165, 1.54) is 0 Å². The van der Waals surface area contributed by atoms with Crippen LogP contribution in [0.3, 0.4) is 0 Å². The fourth-order valence-electron chi connectivity index (χ4n) is 1.40. The van der Waals surface area contributed by atoms with Gasteiger partial charge in [-0.2, -0.15) is 0 Å². The van der Waals surface area contributed by atoms with Crippen molar-refractivity contribution in [1.29, 1.82) is 0 Å². The third-order valence-electron chi connectivity index (χ3n) is 2.34. The molecule has 2 amide bonds. The number of nitrogens with one attached hydrogen (secondary N) is 1. The second-order valence-electron chi connectivity index (χ2n) is 3.66. The topological polar surface area (TPSA) is 72.2 Å². The van der Waals surface area contributed by atoms with E-state index in [1.54, 1.807) is 30.3 Å². The van der Waals surface area contributed by atoms with Crippen LogP contribution in [0.1, 0.15) is 23.2 Å². The molecule has 1 rings (SSSR count). The number of primary amides is 1. The Kier molecular flexibility index (Phi) is 4.94. The van der Waals surface area contributed by atoms with Crippen molar-refractivity contribution in [1.82, 2.24) is 5.32 Å². The van der Waals surface area contributed by atoms with Crippen molar-refractivity contribution >= 4 is 11.8 Å². The first-order chi connectivity index (χ1) is 8.15. The Hall–Kier alpha value is -2.10. The van der Waals surface area contributed by atoms with Gasteiger partial charge in [0.1, 0.15) is 6.04 Å². The molecule has 0 aliphatic rings. The van der Waals surface area contributed by atoms with Gasteiger partial charge in [0.15, 0.2) is 0 Å². The number of carbonyl (C=O) groups excluding carboxylic acids is 2. The monoisotopic (exact) mass is 232 g/mol. The van der Waals surface area contributed by atoms with Crippen LogP contribution in [-0.2, 0) is 4.79 Å². The van der Waals surface area contributed by atoms with Crippen molar-refractivity contribution in [2.75, 3.05) is 0 Å². The van der Waals surface area contributed by atoms with Crippen LogP contribution in [0.2, 0.25) is 0 Å². The summed E-state index contributed by atoms with van der Waals surface area (Å²) in [5.41, 5.74) is 5.73. The van der Waals surface area contributed by atoms with E-state index in [-0.39, 0.29) is 5.91 Å². The molecule has 0 aliphatic carbocycles. The molecule has 0 saturated carbocycles. The van der Waals surface area contributed by atoms with Gasteiger partial charge in [0, 0.05) is 5.56 Å². The summed E-state index contributed by atoms with van der Waals surface area (Å²) >= 11 is 0. The van der Waals surface area contributed by atoms with E-state index in [0.717, 1.165) is 0 Å². The third-order valence-corrected chi connectivity index (χ3v) is 2.34. The van der Waals surface area contributed by atoms with Crippen LogP contribution in [0.4, 0.5) is 0 Å². The maximum Gasteiger partial charge on any atom is 0.251 e. The number of hydrogen-bond donors (Lipinski definition) is 2. The lowest BCUT2D eigenvalue weighted by molar-refractivity contribution is -0.119. The maximum atomic E-state index is 11.8. The molecule has 4 nitrogen and oxygen atoms in total. The Morgan fingerprint density at radius 1 is 1.35 bits per heavy atom. The van der Waals surface area contributed by atoms with E-state index >= 15 is 0 Å². The normalized spacial score (nSPS) is 11.5. The predicted octanol–water partition coefficient (Wildman–Crippen LogP) is 1.24. The minimum Gasteiger partial charge on any atom is -0.368 e. The summed E-state index contributed by atoms with van der Waals surface area (Å²) in [6.45, 7) is 3.56. The Labute approximate surface area is 101 Å². The molecule has 0 aromatic heterocycles. The lowest BCUT2D eigenvalue weighted by Crippen LogP contribution is -2.44. The van der Waals surface area contributed by atoms with E-state index in [4.69, 9.17) is 5.73 Å². The summed E-state index contributed by atoms with van der Waals surface area (Å²) in [6, 6.07) is 8.05. The van der Waals surface area contributed by atoms with E-state index in [9.17, 15) is 9.59 Å². The molecular formula is C13H16N2O2. The van der Waals surface area contributed by atoms with Gasteiger partial charge in [-0.05, 0) is 25.0 Å². The van der Waals surface area contributed by atoms with Crippen molar-refractivity contribution in [2.45, 2.75) is 18.9 Å². The molecular weight excluding hydrogens is 216 g/mol. The molecule has 0 radical (unpaired) electrons. The summed E-state index contributed by atoms with van der Waals surface area (Å²) < 4.78 is 0. The number of nitrogens with two attached hydrogens (primary N) is 1. The van der Waals surface area contributed by atoms with Crippen molar-refractivity contribution in [3.05, 3.63) is 48.6 Å². The third kappa shape index (κ3) is 4.10. The summed E-state index contributed by atoms with van der Waals surface area (Å²) in [5.74, 6) is -0.824. The highest BCUT2D eigenvalue weighted by molar-refractivity contribution is 5.97. The zero-order chi connectivity index (χ0) is 12.7. The van der Waals surface area contributed by atoms with Gasteiger partial charge in [-0.15, -0.1) is 6.58 Å². The number of hydrogen-bond acceptors (Lipinski definition) is 2. The molecule has 4 heteroatoms. The van der Waals surface area contributed by atoms with Crippen LogP contribution in [0.15, 0.2) is 43.0 Å². The van der Waals surface area contributed by atoms with Crippen LogP contribution in [0.25, 0.3) is 0 Å². The summed E-state index contributed by atoms with van der Waals surface area (Å²) in [5, 5.41) is 2.61. The Balaban J connectivity index is 2.64. The molecule has 3 N–H and O–H groups in total. The number of carbonyl (C=O) groups is 2. The lowest BCUT2D eigenvalue weighted by atomic mass is 10.1. The molecule has 90 valence electrons. The molecule has 1 aromatic carbocycles. The molecule has 0 unspecified atom stereocenters. The maximum absolute atomic E-state index is 11.8. The molecule has 17 heavy (non-hydrogen) atoms. The Morgan fingerprint density at radius 2 is 2.00 bits per heavy atom. The summed E-state index contributed by atoms with van der Waals surface area (Å²) in [4.78, 5) is 22.9. The van der Waals surface area contributed by atoms with Crippen LogP contribution in [0.5, 0.6) is 0 Å². The van der Waals surface area contributed by atoms with Crippen LogP contribution in [0, 0.1) is 0 Å². The quantitative estimate of drug-likeness (QED) is 0.724. The van der Waals surface area contributed by atoms with Crippen LogP contribution in [-0.4, -0.2) is 17.9 Å². The Bertz CT molecular complexity index is 401. The van der Waals surface area contributed by atoms with Gasteiger partial charge in [-0.1, -0.05) is 24.3 Å². The number of rotatable bonds is 6. The van der Waals surface area contributed by atoms with E-state index in [2.05, 4.69) is 11.9 Å². The minimum atomic E-state index is -0.652. The van der Waals surface area contributed by atoms with Gasteiger partial charge < -0.3 is 11.1 Å². The summed E-state index contributed by atoms with van der Waals surface area (Å²) in [6.07, 6.45) is 2.78. The van der Waals surface area contributed by atoms with Gasteiger partial charge >= 0.3 is 0 Å². The molecule has 0 aliphatic heterocycles. The predicted molar refractivity (Wildman–Crippen MR) is 66.3 cm³/mol. The van der Waals surface area contributed by atoms with Gasteiger partial charge in [0.05, 0.1) is 0 Å². The highest BCUT2D eigenvalue weighted by atomic mass is 16.2. The lowest BCUT2D eigenvalue weighted by Gasteiger charge is -2.14. The SMILES string of the molecule is C=CCC[C@@H](NC(=O)c1ccccc1)C(N)=O. The van der Waals surface area contributed by atoms with Gasteiger partial charge in [-0.25, -0.2) is 0 Å². The molecule has 0 bridgehead atoms. The second kappa shape index (κ2) is 6.48. The minimum absolute atomic E-state index is 0.293. The molecule has 0 saturated heterocycles. The number of benzene rings is 1. The molecule has 1 aromatic rings. The molecule has 0 heterocycles. The van der Waals surface area contributed by atoms with E-state index in [0.29, 0.717) is 18.4 Å². The molecule has 0 spiro atoms. The fraction of sp³-hybridized carbons (Fsp3) is 0.231. The first-order valence-corrected chi connectivity index (χ1v) is 5.41. The van der Waals surface area contributed by atoms with Crippen LogP contribution < -0.4 is 11.1 Å². The van der Waals surface area contributed by atoms with Crippen molar-refractivity contribution in [2.24, 2.45) is 5.73 Å². The average Bonchev–Trinajstić information content (AvgIpc) is 2.35. The summed E-state index contributed by atoms with van der Waals surface area (Å²) in [7, 11) is 0. The van der Waals surface area contributed by atoms with Gasteiger partial charge in [-0.3, -0.25) is 9.59 Å². The largest absolute Gasteiger partial charge is 0.368 e. The van der Waals surface area contributed by atoms with E-state index < -0.39 is 11.9 Å². The first kappa shape index (κ1) is 13.0. The second-order valence-corrected chi connectivity index (χ2v) is 3.66. The fourth-order valence-corrected chi connectivity index (χ4v) is 1.40. The number of amides is 2. The van der Waals surface area contributed by atoms with Crippen LogP contribution >= 0.6 is 0 Å². The highest BCUT2D eigenvalue weighted by Gasteiger charge is 2.17. The van der Waals surface area contributed by atoms with Crippen molar-refractivity contribution in [3.63, 3.8) is 0 Å². The zero-order valence-corrected chi connectivity index (χ0v) is 9.56. The van der Waals surface area contributed by atoms with E-state index in [1.807, 2.05) is 6.07 Å². The van der Waals surface area contributed by atoms with Gasteiger partial charge in [0.2, 0.25) is 5.91 Å². The highest BCUT2D eigenvalue weighted by Crippen LogP contribution is 2.02. The zero-order valence-electron chi connectivity index (χ0n) is 9.56. The van der Waals surface area contributed by atoms with Gasteiger partial charge in [0.25, 0.3) is 5.91 Å². The standard InChI is InChI=1S/C13H16N2O2/c1-2-3-9-11(12(14)16)15-13(17)10-7-5-4-6-8-10/h2,4-8,11H,1,3,9H2,(H2,14,16)(H,15,17)/t11-/m1/s1. The molecule has 1 atom stereocenters. The average molecular weight is 232 g/mol.